The van der Waals surface area contributed by atoms with Gasteiger partial charge in [0.05, 0.1) is 18.1 Å². The summed E-state index contributed by atoms with van der Waals surface area (Å²) in [5.41, 5.74) is 6.56. The Hall–Kier alpha value is -0.990. The fraction of sp³-hybridized carbons (Fsp3) is 0.571. The van der Waals surface area contributed by atoms with Crippen LogP contribution < -0.4 is 10.5 Å². The molecule has 0 spiro atoms. The summed E-state index contributed by atoms with van der Waals surface area (Å²) in [5, 5.41) is 0. The van der Waals surface area contributed by atoms with Crippen LogP contribution in [0.3, 0.4) is 0 Å². The normalized spacial score (nSPS) is 13.6. The number of nitrogens with one attached hydrogen (secondary N) is 1. The van der Waals surface area contributed by atoms with E-state index in [1.165, 1.54) is 0 Å². The van der Waals surface area contributed by atoms with Crippen LogP contribution in [-0.4, -0.2) is 53.7 Å². The largest absolute Gasteiger partial charge is 0.379 e. The van der Waals surface area contributed by atoms with Crippen molar-refractivity contribution in [3.05, 3.63) is 29.8 Å². The first kappa shape index (κ1) is 18.1. The van der Waals surface area contributed by atoms with E-state index in [-0.39, 0.29) is 17.5 Å². The average Bonchev–Trinajstić information content (AvgIpc) is 2.42. The Morgan fingerprint density at radius 1 is 1.33 bits per heavy atom. The van der Waals surface area contributed by atoms with Gasteiger partial charge in [-0.15, -0.1) is 0 Å². The van der Waals surface area contributed by atoms with Crippen LogP contribution in [0.1, 0.15) is 18.5 Å². The number of nitrogens with zero attached hydrogens (tertiary/aromatic N) is 1. The smallest absolute Gasteiger partial charge is 0.240 e. The molecule has 1 unspecified atom stereocenters. The van der Waals surface area contributed by atoms with E-state index in [0.717, 1.165) is 12.1 Å². The molecule has 1 rings (SSSR count). The second kappa shape index (κ2) is 8.45. The molecule has 1 aromatic carbocycles. The molecule has 0 bridgehead atoms. The van der Waals surface area contributed by atoms with Crippen LogP contribution in [0, 0.1) is 0 Å². The van der Waals surface area contributed by atoms with Crippen LogP contribution >= 0.6 is 0 Å². The van der Waals surface area contributed by atoms with Crippen molar-refractivity contribution in [1.29, 1.82) is 0 Å². The predicted octanol–water partition coefficient (Wildman–Crippen LogP) is 0.563. The van der Waals surface area contributed by atoms with E-state index < -0.39 is 10.0 Å². The van der Waals surface area contributed by atoms with Gasteiger partial charge in [-0.3, -0.25) is 0 Å². The maximum atomic E-state index is 12.1. The fourth-order valence-electron chi connectivity index (χ4n) is 1.65. The zero-order chi connectivity index (χ0) is 15.9. The Labute approximate surface area is 127 Å². The van der Waals surface area contributed by atoms with Gasteiger partial charge in [-0.05, 0) is 38.7 Å². The number of sulfonamides is 1. The van der Waals surface area contributed by atoms with E-state index in [4.69, 9.17) is 10.5 Å². The monoisotopic (exact) mass is 315 g/mol. The number of likely N-dealkylation sites (N-methyl/N-ethyl adjacent to an activating group) is 1. The van der Waals surface area contributed by atoms with Crippen molar-refractivity contribution in [2.24, 2.45) is 5.73 Å². The quantitative estimate of drug-likeness (QED) is 0.651. The minimum absolute atomic E-state index is 0.200. The van der Waals surface area contributed by atoms with Gasteiger partial charge < -0.3 is 15.4 Å². The van der Waals surface area contributed by atoms with Crippen molar-refractivity contribution in [3.63, 3.8) is 0 Å². The van der Waals surface area contributed by atoms with E-state index >= 15 is 0 Å². The summed E-state index contributed by atoms with van der Waals surface area (Å²) in [6.07, 6.45) is 0. The molecule has 0 aliphatic heterocycles. The highest BCUT2D eigenvalue weighted by Crippen LogP contribution is 2.15. The summed E-state index contributed by atoms with van der Waals surface area (Å²) in [6, 6.07) is 6.46. The summed E-state index contributed by atoms with van der Waals surface area (Å²) in [7, 11) is 0.396. The third-order valence-electron chi connectivity index (χ3n) is 2.92. The number of ether oxygens (including phenoxy) is 1. The minimum atomic E-state index is -3.52. The van der Waals surface area contributed by atoms with E-state index in [0.29, 0.717) is 13.2 Å². The van der Waals surface area contributed by atoms with Crippen molar-refractivity contribution >= 4 is 10.0 Å². The molecule has 0 aliphatic rings. The average molecular weight is 315 g/mol. The molecule has 120 valence electrons. The first-order chi connectivity index (χ1) is 9.83. The van der Waals surface area contributed by atoms with Crippen molar-refractivity contribution in [2.45, 2.75) is 17.9 Å². The minimum Gasteiger partial charge on any atom is -0.379 e. The number of benzene rings is 1. The van der Waals surface area contributed by atoms with Crippen molar-refractivity contribution in [1.82, 2.24) is 9.62 Å². The van der Waals surface area contributed by atoms with Crippen molar-refractivity contribution < 1.29 is 13.2 Å². The van der Waals surface area contributed by atoms with Crippen LogP contribution in [0.15, 0.2) is 29.2 Å². The molecule has 6 nitrogen and oxygen atoms in total. The lowest BCUT2D eigenvalue weighted by atomic mass is 10.1. The molecular weight excluding hydrogens is 290 g/mol. The zero-order valence-electron chi connectivity index (χ0n) is 12.9. The Kier molecular flexibility index (Phi) is 7.27. The molecule has 1 aromatic rings. The van der Waals surface area contributed by atoms with Crippen LogP contribution in [0.5, 0.6) is 0 Å². The van der Waals surface area contributed by atoms with Gasteiger partial charge in [-0.1, -0.05) is 12.1 Å². The lowest BCUT2D eigenvalue weighted by molar-refractivity contribution is 0.122. The molecule has 0 heterocycles. The van der Waals surface area contributed by atoms with E-state index in [1.807, 2.05) is 32.0 Å². The Morgan fingerprint density at radius 3 is 2.67 bits per heavy atom. The molecule has 0 saturated heterocycles. The van der Waals surface area contributed by atoms with Gasteiger partial charge in [-0.25, -0.2) is 13.1 Å². The molecule has 0 radical (unpaired) electrons. The Morgan fingerprint density at radius 2 is 2.05 bits per heavy atom. The standard InChI is InChI=1S/C14H25N3O3S/c1-12(15)13-5-4-6-14(11-13)21(18,19)16-7-9-20-10-8-17(2)3/h4-6,11-12,16H,7-10,15H2,1-3H3. The molecule has 0 fully saturated rings. The zero-order valence-corrected chi connectivity index (χ0v) is 13.7. The lowest BCUT2D eigenvalue weighted by Gasteiger charge is -2.11. The number of rotatable bonds is 9. The van der Waals surface area contributed by atoms with Crippen LogP contribution in [0.25, 0.3) is 0 Å². The van der Waals surface area contributed by atoms with Crippen molar-refractivity contribution in [3.8, 4) is 0 Å². The van der Waals surface area contributed by atoms with Gasteiger partial charge in [0.25, 0.3) is 0 Å². The van der Waals surface area contributed by atoms with Crippen molar-refractivity contribution in [2.75, 3.05) is 40.4 Å². The van der Waals surface area contributed by atoms with Gasteiger partial charge in [0.1, 0.15) is 0 Å². The van der Waals surface area contributed by atoms with Crippen LogP contribution in [-0.2, 0) is 14.8 Å². The maximum absolute atomic E-state index is 12.1. The van der Waals surface area contributed by atoms with Gasteiger partial charge in [-0.2, -0.15) is 0 Å². The van der Waals surface area contributed by atoms with Gasteiger partial charge in [0, 0.05) is 19.1 Å². The van der Waals surface area contributed by atoms with E-state index in [9.17, 15) is 8.42 Å². The third-order valence-corrected chi connectivity index (χ3v) is 4.37. The summed E-state index contributed by atoms with van der Waals surface area (Å²) >= 11 is 0. The van der Waals surface area contributed by atoms with Gasteiger partial charge >= 0.3 is 0 Å². The van der Waals surface area contributed by atoms with E-state index in [2.05, 4.69) is 4.72 Å². The molecule has 7 heteroatoms. The number of nitrogens with two attached hydrogens (primary N) is 1. The molecule has 0 aromatic heterocycles. The Bertz CT molecular complexity index is 530. The van der Waals surface area contributed by atoms with Crippen LogP contribution in [0.2, 0.25) is 0 Å². The highest BCUT2D eigenvalue weighted by Gasteiger charge is 2.14. The SMILES string of the molecule is CC(N)c1cccc(S(=O)(=O)NCCOCCN(C)C)c1. The summed E-state index contributed by atoms with van der Waals surface area (Å²) < 4.78 is 32.1. The topological polar surface area (TPSA) is 84.7 Å². The van der Waals surface area contributed by atoms with Crippen LogP contribution in [0.4, 0.5) is 0 Å². The highest BCUT2D eigenvalue weighted by atomic mass is 32.2. The molecule has 0 saturated carbocycles. The molecule has 0 amide bonds. The van der Waals surface area contributed by atoms with Gasteiger partial charge in [0.15, 0.2) is 0 Å². The van der Waals surface area contributed by atoms with Gasteiger partial charge in [0.2, 0.25) is 10.0 Å². The second-order valence-corrected chi connectivity index (χ2v) is 6.94. The summed E-state index contributed by atoms with van der Waals surface area (Å²) in [4.78, 5) is 2.23. The lowest BCUT2D eigenvalue weighted by Crippen LogP contribution is -2.28. The first-order valence-corrected chi connectivity index (χ1v) is 8.39. The summed E-state index contributed by atoms with van der Waals surface area (Å²) in [5.74, 6) is 0. The molecule has 0 aliphatic carbocycles. The van der Waals surface area contributed by atoms with E-state index in [1.54, 1.807) is 18.2 Å². The fourth-order valence-corrected chi connectivity index (χ4v) is 2.71. The predicted molar refractivity (Wildman–Crippen MR) is 83.6 cm³/mol. The highest BCUT2D eigenvalue weighted by molar-refractivity contribution is 7.89. The number of hydrogen-bond donors (Lipinski definition) is 2. The Balaban J connectivity index is 2.48. The molecule has 1 atom stereocenters. The third kappa shape index (κ3) is 6.54. The summed E-state index contributed by atoms with van der Waals surface area (Å²) in [6.45, 7) is 3.80. The first-order valence-electron chi connectivity index (χ1n) is 6.90. The molecular formula is C14H25N3O3S. The maximum Gasteiger partial charge on any atom is 0.240 e. The molecule has 3 N–H and O–H groups in total. The number of hydrogen-bond acceptors (Lipinski definition) is 5. The second-order valence-electron chi connectivity index (χ2n) is 5.17. The molecule has 21 heavy (non-hydrogen) atoms.